The van der Waals surface area contributed by atoms with E-state index in [4.69, 9.17) is 23.2 Å². The van der Waals surface area contributed by atoms with Gasteiger partial charge in [-0.15, -0.1) is 0 Å². The summed E-state index contributed by atoms with van der Waals surface area (Å²) in [4.78, 5) is 14.8. The molecule has 1 aliphatic carbocycles. The molecule has 5 heteroatoms. The first-order valence-corrected chi connectivity index (χ1v) is 11.4. The number of unbranched alkanes of at least 4 members (excludes halogenated alkanes) is 1. The lowest BCUT2D eigenvalue weighted by Gasteiger charge is -2.40. The second-order valence-corrected chi connectivity index (χ2v) is 9.27. The molecule has 2 aromatic rings. The zero-order valence-corrected chi connectivity index (χ0v) is 18.2. The fraction of sp³-hybridized carbons (Fsp3) is 0.458. The van der Waals surface area contributed by atoms with Crippen LogP contribution in [0.25, 0.3) is 0 Å². The first-order chi connectivity index (χ1) is 14.1. The zero-order chi connectivity index (χ0) is 20.3. The third-order valence-corrected chi connectivity index (χ3v) is 7.02. The molecular formula is C24H28Cl2N2O. The Morgan fingerprint density at radius 1 is 1.00 bits per heavy atom. The second kappa shape index (κ2) is 9.07. The second-order valence-electron chi connectivity index (χ2n) is 8.40. The number of carbonyl (C=O) groups excluding carboxylic acids is 1. The molecule has 0 unspecified atom stereocenters. The van der Waals surface area contributed by atoms with Crippen molar-refractivity contribution in [3.05, 3.63) is 69.2 Å². The lowest BCUT2D eigenvalue weighted by molar-refractivity contribution is 0.0952. The number of aryl methyl sites for hydroxylation is 1. The van der Waals surface area contributed by atoms with Gasteiger partial charge < -0.3 is 10.2 Å². The minimum Gasteiger partial charge on any atom is -0.352 e. The number of benzene rings is 2. The monoisotopic (exact) mass is 430 g/mol. The van der Waals surface area contributed by atoms with Crippen LogP contribution in [0.3, 0.4) is 0 Å². The smallest absolute Gasteiger partial charge is 0.251 e. The summed E-state index contributed by atoms with van der Waals surface area (Å²) in [6.45, 7) is 4.15. The summed E-state index contributed by atoms with van der Waals surface area (Å²) in [5.74, 6) is -0.116. The predicted molar refractivity (Wildman–Crippen MR) is 120 cm³/mol. The molecule has 0 atom stereocenters. The van der Waals surface area contributed by atoms with Crippen molar-refractivity contribution < 1.29 is 4.79 Å². The Morgan fingerprint density at radius 2 is 1.72 bits per heavy atom. The van der Waals surface area contributed by atoms with Crippen molar-refractivity contribution in [2.24, 2.45) is 0 Å². The molecule has 0 aromatic heterocycles. The molecule has 29 heavy (non-hydrogen) atoms. The SMILES string of the molecule is O=C(NCCCCN1CCC2(CCc3ccccc32)CC1)c1cc(Cl)cc(Cl)c1. The largest absolute Gasteiger partial charge is 0.352 e. The van der Waals surface area contributed by atoms with Crippen molar-refractivity contribution in [2.45, 2.75) is 43.9 Å². The molecule has 1 spiro atoms. The highest BCUT2D eigenvalue weighted by molar-refractivity contribution is 6.35. The van der Waals surface area contributed by atoms with Gasteiger partial charge in [0.1, 0.15) is 0 Å². The highest BCUT2D eigenvalue weighted by atomic mass is 35.5. The Morgan fingerprint density at radius 3 is 2.48 bits per heavy atom. The number of amides is 1. The van der Waals surface area contributed by atoms with Crippen LogP contribution < -0.4 is 5.32 Å². The first-order valence-electron chi connectivity index (χ1n) is 10.6. The molecular weight excluding hydrogens is 403 g/mol. The van der Waals surface area contributed by atoms with Gasteiger partial charge in [-0.2, -0.15) is 0 Å². The third-order valence-electron chi connectivity index (χ3n) is 6.59. The van der Waals surface area contributed by atoms with Gasteiger partial charge in [-0.25, -0.2) is 0 Å². The van der Waals surface area contributed by atoms with Gasteiger partial charge in [0.2, 0.25) is 0 Å². The molecule has 1 fully saturated rings. The number of nitrogens with zero attached hydrogens (tertiary/aromatic N) is 1. The van der Waals surface area contributed by atoms with Crippen LogP contribution in [0.2, 0.25) is 10.0 Å². The summed E-state index contributed by atoms with van der Waals surface area (Å²) in [6, 6.07) is 14.0. The Labute approximate surface area is 183 Å². The molecule has 0 saturated carbocycles. The molecule has 1 aliphatic heterocycles. The molecule has 3 nitrogen and oxygen atoms in total. The van der Waals surface area contributed by atoms with Gasteiger partial charge in [-0.1, -0.05) is 47.5 Å². The van der Waals surface area contributed by atoms with Crippen LogP contribution in [-0.2, 0) is 11.8 Å². The maximum Gasteiger partial charge on any atom is 0.251 e. The molecule has 1 N–H and O–H groups in total. The number of carbonyl (C=O) groups is 1. The summed E-state index contributed by atoms with van der Waals surface area (Å²) >= 11 is 11.9. The van der Waals surface area contributed by atoms with Crippen molar-refractivity contribution in [1.29, 1.82) is 0 Å². The van der Waals surface area contributed by atoms with Gasteiger partial charge in [0.25, 0.3) is 5.91 Å². The molecule has 2 aromatic carbocycles. The summed E-state index contributed by atoms with van der Waals surface area (Å²) in [5, 5.41) is 3.93. The maximum atomic E-state index is 12.2. The van der Waals surface area contributed by atoms with Gasteiger partial charge >= 0.3 is 0 Å². The average molecular weight is 431 g/mol. The van der Waals surface area contributed by atoms with E-state index >= 15 is 0 Å². The molecule has 1 saturated heterocycles. The van der Waals surface area contributed by atoms with Gasteiger partial charge in [-0.3, -0.25) is 4.79 Å². The van der Waals surface area contributed by atoms with Crippen LogP contribution in [-0.4, -0.2) is 37.0 Å². The number of likely N-dealkylation sites (tertiary alicyclic amines) is 1. The van der Waals surface area contributed by atoms with Gasteiger partial charge in [0, 0.05) is 22.2 Å². The van der Waals surface area contributed by atoms with E-state index in [1.165, 1.54) is 38.8 Å². The van der Waals surface area contributed by atoms with Crippen LogP contribution in [0, 0.1) is 0 Å². The number of hydrogen-bond donors (Lipinski definition) is 1. The minimum absolute atomic E-state index is 0.116. The van der Waals surface area contributed by atoms with E-state index in [0.29, 0.717) is 27.6 Å². The van der Waals surface area contributed by atoms with Crippen molar-refractivity contribution in [1.82, 2.24) is 10.2 Å². The van der Waals surface area contributed by atoms with Crippen LogP contribution in [0.5, 0.6) is 0 Å². The topological polar surface area (TPSA) is 32.3 Å². The number of nitrogens with one attached hydrogen (secondary N) is 1. The van der Waals surface area contributed by atoms with Gasteiger partial charge in [0.05, 0.1) is 0 Å². The lowest BCUT2D eigenvalue weighted by Crippen LogP contribution is -2.42. The minimum atomic E-state index is -0.116. The number of halogens is 2. The number of piperidine rings is 1. The van der Waals surface area contributed by atoms with E-state index in [1.54, 1.807) is 29.3 Å². The Bertz CT molecular complexity index is 855. The molecule has 0 radical (unpaired) electrons. The quantitative estimate of drug-likeness (QED) is 0.614. The van der Waals surface area contributed by atoms with E-state index < -0.39 is 0 Å². The molecule has 1 amide bonds. The van der Waals surface area contributed by atoms with Crippen molar-refractivity contribution in [3.8, 4) is 0 Å². The van der Waals surface area contributed by atoms with Crippen molar-refractivity contribution in [3.63, 3.8) is 0 Å². The Kier molecular flexibility index (Phi) is 6.48. The van der Waals surface area contributed by atoms with Gasteiger partial charge in [-0.05, 0) is 92.9 Å². The molecule has 1 heterocycles. The third kappa shape index (κ3) is 4.79. The van der Waals surface area contributed by atoms with E-state index in [0.717, 1.165) is 19.4 Å². The molecule has 4 rings (SSSR count). The molecule has 2 aliphatic rings. The van der Waals surface area contributed by atoms with Gasteiger partial charge in [0.15, 0.2) is 0 Å². The number of hydrogen-bond acceptors (Lipinski definition) is 2. The highest BCUT2D eigenvalue weighted by Crippen LogP contribution is 2.46. The molecule has 0 bridgehead atoms. The van der Waals surface area contributed by atoms with Crippen LogP contribution >= 0.6 is 23.2 Å². The van der Waals surface area contributed by atoms with Crippen molar-refractivity contribution >= 4 is 29.1 Å². The predicted octanol–water partition coefficient (Wildman–Crippen LogP) is 5.48. The fourth-order valence-electron chi connectivity index (χ4n) is 4.94. The van der Waals surface area contributed by atoms with Crippen molar-refractivity contribution in [2.75, 3.05) is 26.2 Å². The van der Waals surface area contributed by atoms with Crippen LogP contribution in [0.1, 0.15) is 53.6 Å². The van der Waals surface area contributed by atoms with E-state index in [1.807, 2.05) is 0 Å². The number of fused-ring (bicyclic) bond motifs is 2. The summed E-state index contributed by atoms with van der Waals surface area (Å²) in [6.07, 6.45) is 7.19. The number of rotatable bonds is 6. The highest BCUT2D eigenvalue weighted by Gasteiger charge is 2.40. The standard InChI is InChI=1S/C24H28Cl2N2O/c25-20-15-19(16-21(26)17-20)23(29)27-11-3-4-12-28-13-9-24(10-14-28)8-7-18-5-1-2-6-22(18)24/h1-2,5-6,15-17H,3-4,7-14H2,(H,27,29). The Balaban J connectivity index is 1.17. The summed E-state index contributed by atoms with van der Waals surface area (Å²) < 4.78 is 0. The van der Waals surface area contributed by atoms with Crippen LogP contribution in [0.4, 0.5) is 0 Å². The fourth-order valence-corrected chi connectivity index (χ4v) is 5.46. The van der Waals surface area contributed by atoms with E-state index in [2.05, 4.69) is 34.5 Å². The van der Waals surface area contributed by atoms with Crippen LogP contribution in [0.15, 0.2) is 42.5 Å². The zero-order valence-electron chi connectivity index (χ0n) is 16.7. The first kappa shape index (κ1) is 20.7. The Hall–Kier alpha value is -1.55. The lowest BCUT2D eigenvalue weighted by atomic mass is 9.74. The summed E-state index contributed by atoms with van der Waals surface area (Å²) in [7, 11) is 0. The maximum absolute atomic E-state index is 12.2. The van der Waals surface area contributed by atoms with E-state index in [9.17, 15) is 4.79 Å². The average Bonchev–Trinajstić information content (AvgIpc) is 3.07. The summed E-state index contributed by atoms with van der Waals surface area (Å²) in [5.41, 5.74) is 4.13. The molecule has 154 valence electrons. The van der Waals surface area contributed by atoms with E-state index in [-0.39, 0.29) is 5.91 Å². The normalized spacial score (nSPS) is 18.0.